The van der Waals surface area contributed by atoms with E-state index in [0.717, 1.165) is 22.6 Å². The van der Waals surface area contributed by atoms with Crippen LogP contribution in [-0.4, -0.2) is 41.8 Å². The van der Waals surface area contributed by atoms with Gasteiger partial charge in [0.05, 0.1) is 7.11 Å². The Morgan fingerprint density at radius 1 is 1.10 bits per heavy atom. The Hall–Kier alpha value is -3.55. The lowest BCUT2D eigenvalue weighted by Gasteiger charge is -2.17. The lowest BCUT2D eigenvalue weighted by atomic mass is 10.1. The van der Waals surface area contributed by atoms with E-state index >= 15 is 0 Å². The van der Waals surface area contributed by atoms with E-state index in [1.807, 2.05) is 26.0 Å². The standard InChI is InChI=1S/C22H26N4O4/c1-15-11-16(2)13-19(12-15)29-14-21-24-20(25-30-21)9-10-26(3)22(27)23-17-5-7-18(28-4)8-6-17/h5-8,11-13H,9-10,14H2,1-4H3,(H,23,27). The monoisotopic (exact) mass is 410 g/mol. The van der Waals surface area contributed by atoms with E-state index in [-0.39, 0.29) is 12.6 Å². The molecule has 0 radical (unpaired) electrons. The van der Waals surface area contributed by atoms with Gasteiger partial charge in [-0.3, -0.25) is 0 Å². The minimum absolute atomic E-state index is 0.198. The van der Waals surface area contributed by atoms with E-state index in [4.69, 9.17) is 14.0 Å². The van der Waals surface area contributed by atoms with Gasteiger partial charge in [-0.2, -0.15) is 4.98 Å². The van der Waals surface area contributed by atoms with Gasteiger partial charge in [-0.1, -0.05) is 11.2 Å². The lowest BCUT2D eigenvalue weighted by molar-refractivity contribution is 0.222. The molecule has 0 saturated carbocycles. The van der Waals surface area contributed by atoms with Gasteiger partial charge in [-0.25, -0.2) is 4.79 Å². The highest BCUT2D eigenvalue weighted by Crippen LogP contribution is 2.18. The van der Waals surface area contributed by atoms with E-state index in [0.29, 0.717) is 30.4 Å². The van der Waals surface area contributed by atoms with Crippen molar-refractivity contribution in [1.82, 2.24) is 15.0 Å². The van der Waals surface area contributed by atoms with Crippen LogP contribution in [0.3, 0.4) is 0 Å². The Balaban J connectivity index is 1.46. The van der Waals surface area contributed by atoms with Crippen LogP contribution in [0.5, 0.6) is 11.5 Å². The van der Waals surface area contributed by atoms with E-state index in [1.165, 1.54) is 0 Å². The summed E-state index contributed by atoms with van der Waals surface area (Å²) < 4.78 is 16.1. The molecule has 8 nitrogen and oxygen atoms in total. The first-order valence-corrected chi connectivity index (χ1v) is 9.61. The number of likely N-dealkylation sites (N-methyl/N-ethyl adjacent to an activating group) is 1. The van der Waals surface area contributed by atoms with Gasteiger partial charge >= 0.3 is 6.03 Å². The highest BCUT2D eigenvalue weighted by Gasteiger charge is 2.12. The number of hydrogen-bond donors (Lipinski definition) is 1. The van der Waals surface area contributed by atoms with Crippen LogP contribution in [0.2, 0.25) is 0 Å². The molecule has 158 valence electrons. The van der Waals surface area contributed by atoms with Crippen molar-refractivity contribution < 1.29 is 18.8 Å². The smallest absolute Gasteiger partial charge is 0.321 e. The summed E-state index contributed by atoms with van der Waals surface area (Å²) in [5.74, 6) is 2.42. The number of urea groups is 1. The average molecular weight is 410 g/mol. The van der Waals surface area contributed by atoms with Crippen molar-refractivity contribution in [1.29, 1.82) is 0 Å². The lowest BCUT2D eigenvalue weighted by Crippen LogP contribution is -2.33. The molecule has 0 unspecified atom stereocenters. The second-order valence-corrected chi connectivity index (χ2v) is 7.05. The fourth-order valence-electron chi connectivity index (χ4n) is 2.87. The summed E-state index contributed by atoms with van der Waals surface area (Å²) in [5.41, 5.74) is 2.96. The zero-order chi connectivity index (χ0) is 21.5. The van der Waals surface area contributed by atoms with E-state index < -0.39 is 0 Å². The number of aromatic nitrogens is 2. The molecule has 3 aromatic rings. The molecule has 1 N–H and O–H groups in total. The number of aryl methyl sites for hydroxylation is 2. The Bertz CT molecular complexity index is 965. The summed E-state index contributed by atoms with van der Waals surface area (Å²) in [4.78, 5) is 18.2. The minimum Gasteiger partial charge on any atom is -0.497 e. The first-order valence-electron chi connectivity index (χ1n) is 9.61. The normalized spacial score (nSPS) is 10.5. The first-order chi connectivity index (χ1) is 14.4. The molecule has 1 heterocycles. The van der Waals surface area contributed by atoms with E-state index in [2.05, 4.69) is 21.5 Å². The summed E-state index contributed by atoms with van der Waals surface area (Å²) in [6.45, 7) is 4.68. The van der Waals surface area contributed by atoms with E-state index in [9.17, 15) is 4.79 Å². The predicted octanol–water partition coefficient (Wildman–Crippen LogP) is 3.98. The molecule has 30 heavy (non-hydrogen) atoms. The first kappa shape index (κ1) is 21.2. The molecule has 0 bridgehead atoms. The molecule has 2 aromatic carbocycles. The molecular weight excluding hydrogens is 384 g/mol. The van der Waals surface area contributed by atoms with Gasteiger partial charge in [0.2, 0.25) is 0 Å². The number of methoxy groups -OCH3 is 1. The molecule has 0 saturated heterocycles. The van der Waals surface area contributed by atoms with Gasteiger partial charge < -0.3 is 24.2 Å². The summed E-state index contributed by atoms with van der Waals surface area (Å²) in [5, 5.41) is 6.79. The van der Waals surface area contributed by atoms with Gasteiger partial charge in [0.15, 0.2) is 12.4 Å². The number of nitrogens with one attached hydrogen (secondary N) is 1. The molecule has 0 aliphatic rings. The number of amides is 2. The number of carbonyl (C=O) groups is 1. The highest BCUT2D eigenvalue weighted by atomic mass is 16.5. The largest absolute Gasteiger partial charge is 0.497 e. The second kappa shape index (κ2) is 9.78. The third-order valence-corrected chi connectivity index (χ3v) is 4.43. The number of anilines is 1. The zero-order valence-electron chi connectivity index (χ0n) is 17.6. The fourth-order valence-corrected chi connectivity index (χ4v) is 2.87. The van der Waals surface area contributed by atoms with Crippen LogP contribution < -0.4 is 14.8 Å². The molecular formula is C22H26N4O4. The van der Waals surface area contributed by atoms with Gasteiger partial charge in [0.25, 0.3) is 5.89 Å². The molecule has 1 aromatic heterocycles. The number of rotatable bonds is 8. The van der Waals surface area contributed by atoms with Crippen LogP contribution >= 0.6 is 0 Å². The molecule has 0 atom stereocenters. The third-order valence-electron chi connectivity index (χ3n) is 4.43. The number of benzene rings is 2. The topological polar surface area (TPSA) is 89.7 Å². The Kier molecular flexibility index (Phi) is 6.90. The number of carbonyl (C=O) groups excluding carboxylic acids is 1. The Morgan fingerprint density at radius 2 is 1.80 bits per heavy atom. The summed E-state index contributed by atoms with van der Waals surface area (Å²) in [6, 6.07) is 12.9. The van der Waals surface area contributed by atoms with Gasteiger partial charge in [0.1, 0.15) is 11.5 Å². The number of nitrogens with zero attached hydrogens (tertiary/aromatic N) is 3. The van der Waals surface area contributed by atoms with Crippen molar-refractivity contribution >= 4 is 11.7 Å². The van der Waals surface area contributed by atoms with Crippen LogP contribution in [0, 0.1) is 13.8 Å². The third kappa shape index (κ3) is 5.97. The molecule has 0 fully saturated rings. The predicted molar refractivity (Wildman–Crippen MR) is 113 cm³/mol. The zero-order valence-corrected chi connectivity index (χ0v) is 17.6. The van der Waals surface area contributed by atoms with Crippen LogP contribution in [-0.2, 0) is 13.0 Å². The van der Waals surface area contributed by atoms with Crippen molar-refractivity contribution in [2.75, 3.05) is 26.0 Å². The molecule has 3 rings (SSSR count). The minimum atomic E-state index is -0.220. The molecule has 0 aliphatic carbocycles. The molecule has 2 amide bonds. The van der Waals surface area contributed by atoms with Crippen LogP contribution in [0.25, 0.3) is 0 Å². The van der Waals surface area contributed by atoms with Crippen molar-refractivity contribution in [3.63, 3.8) is 0 Å². The summed E-state index contributed by atoms with van der Waals surface area (Å²) >= 11 is 0. The van der Waals surface area contributed by atoms with Crippen molar-refractivity contribution in [3.8, 4) is 11.5 Å². The van der Waals surface area contributed by atoms with Crippen LogP contribution in [0.15, 0.2) is 47.0 Å². The summed E-state index contributed by atoms with van der Waals surface area (Å²) in [6.07, 6.45) is 0.472. The molecule has 0 aliphatic heterocycles. The second-order valence-electron chi connectivity index (χ2n) is 7.05. The highest BCUT2D eigenvalue weighted by molar-refractivity contribution is 5.89. The van der Waals surface area contributed by atoms with Crippen LogP contribution in [0.1, 0.15) is 22.8 Å². The van der Waals surface area contributed by atoms with E-state index in [1.54, 1.807) is 43.3 Å². The van der Waals surface area contributed by atoms with Crippen molar-refractivity contribution in [3.05, 3.63) is 65.3 Å². The maximum absolute atomic E-state index is 12.3. The SMILES string of the molecule is COc1ccc(NC(=O)N(C)CCc2noc(COc3cc(C)cc(C)c3)n2)cc1. The maximum atomic E-state index is 12.3. The number of hydrogen-bond acceptors (Lipinski definition) is 6. The number of ether oxygens (including phenoxy) is 2. The Morgan fingerprint density at radius 3 is 2.47 bits per heavy atom. The van der Waals surface area contributed by atoms with Gasteiger partial charge in [0, 0.05) is 25.7 Å². The van der Waals surface area contributed by atoms with Gasteiger partial charge in [-0.15, -0.1) is 0 Å². The Labute approximate surface area is 175 Å². The van der Waals surface area contributed by atoms with Gasteiger partial charge in [-0.05, 0) is 61.4 Å². The molecule has 8 heteroatoms. The van der Waals surface area contributed by atoms with Crippen LogP contribution in [0.4, 0.5) is 10.5 Å². The summed E-state index contributed by atoms with van der Waals surface area (Å²) in [7, 11) is 3.31. The quantitative estimate of drug-likeness (QED) is 0.604. The van der Waals surface area contributed by atoms with Crippen molar-refractivity contribution in [2.24, 2.45) is 0 Å². The van der Waals surface area contributed by atoms with Crippen molar-refractivity contribution in [2.45, 2.75) is 26.9 Å². The average Bonchev–Trinajstić information content (AvgIpc) is 3.18. The fraction of sp³-hybridized carbons (Fsp3) is 0.318. The maximum Gasteiger partial charge on any atom is 0.321 e. The molecule has 0 spiro atoms.